The second-order valence-corrected chi connectivity index (χ2v) is 1.79. The van der Waals surface area contributed by atoms with E-state index in [0.29, 0.717) is 12.3 Å². The molecule has 0 aromatic heterocycles. The maximum absolute atomic E-state index is 10.4. The number of thiol groups is 1. The minimum atomic E-state index is 0.148. The standard InChI is InChI=1S/C5H11NOS/c1-2-6-3-5(7)4-8/h6,8H,2-4H2,1H3. The Morgan fingerprint density at radius 2 is 2.38 bits per heavy atom. The molecular formula is C5H11NOS. The van der Waals surface area contributed by atoms with Gasteiger partial charge >= 0.3 is 0 Å². The van der Waals surface area contributed by atoms with Crippen molar-refractivity contribution in [1.82, 2.24) is 5.32 Å². The van der Waals surface area contributed by atoms with E-state index in [-0.39, 0.29) is 5.78 Å². The lowest BCUT2D eigenvalue weighted by Gasteiger charge is -1.94. The second-order valence-electron chi connectivity index (χ2n) is 1.48. The maximum atomic E-state index is 10.4. The smallest absolute Gasteiger partial charge is 0.156 e. The molecule has 2 nitrogen and oxygen atoms in total. The van der Waals surface area contributed by atoms with Gasteiger partial charge in [0.15, 0.2) is 5.78 Å². The molecule has 1 N–H and O–H groups in total. The van der Waals surface area contributed by atoms with Crippen LogP contribution in [0.1, 0.15) is 6.92 Å². The van der Waals surface area contributed by atoms with Crippen LogP contribution in [0, 0.1) is 0 Å². The van der Waals surface area contributed by atoms with Crippen LogP contribution in [0.15, 0.2) is 0 Å². The van der Waals surface area contributed by atoms with Crippen LogP contribution in [0.25, 0.3) is 0 Å². The number of hydrogen-bond acceptors (Lipinski definition) is 3. The number of rotatable bonds is 4. The van der Waals surface area contributed by atoms with Gasteiger partial charge in [-0.15, -0.1) is 0 Å². The summed E-state index contributed by atoms with van der Waals surface area (Å²) in [4.78, 5) is 10.4. The highest BCUT2D eigenvalue weighted by Crippen LogP contribution is 1.73. The van der Waals surface area contributed by atoms with Crippen molar-refractivity contribution < 1.29 is 4.79 Å². The third kappa shape index (κ3) is 4.15. The summed E-state index contributed by atoms with van der Waals surface area (Å²) in [6.45, 7) is 3.27. The lowest BCUT2D eigenvalue weighted by molar-refractivity contribution is -0.115. The largest absolute Gasteiger partial charge is 0.310 e. The molecule has 0 aliphatic heterocycles. The molecule has 3 heteroatoms. The Hall–Kier alpha value is -0.0200. The molecule has 0 heterocycles. The molecule has 0 fully saturated rings. The van der Waals surface area contributed by atoms with Gasteiger partial charge in [0.25, 0.3) is 0 Å². The summed E-state index contributed by atoms with van der Waals surface area (Å²) >= 11 is 3.80. The fourth-order valence-electron chi connectivity index (χ4n) is 0.320. The van der Waals surface area contributed by atoms with E-state index >= 15 is 0 Å². The quantitative estimate of drug-likeness (QED) is 0.532. The summed E-state index contributed by atoms with van der Waals surface area (Å²) < 4.78 is 0. The molecule has 0 saturated heterocycles. The van der Waals surface area contributed by atoms with Gasteiger partial charge in [-0.1, -0.05) is 6.92 Å². The Labute approximate surface area is 55.1 Å². The van der Waals surface area contributed by atoms with Gasteiger partial charge in [0.05, 0.1) is 12.3 Å². The zero-order valence-corrected chi connectivity index (χ0v) is 5.87. The Morgan fingerprint density at radius 1 is 1.75 bits per heavy atom. The molecule has 0 aliphatic rings. The Balaban J connectivity index is 2.99. The van der Waals surface area contributed by atoms with Crippen LogP contribution in [0.3, 0.4) is 0 Å². The van der Waals surface area contributed by atoms with Crippen LogP contribution in [-0.2, 0) is 4.79 Å². The lowest BCUT2D eigenvalue weighted by Crippen LogP contribution is -2.23. The number of carbonyl (C=O) groups is 1. The summed E-state index contributed by atoms with van der Waals surface area (Å²) in [6.07, 6.45) is 0. The number of nitrogens with one attached hydrogen (secondary N) is 1. The highest BCUT2D eigenvalue weighted by Gasteiger charge is 1.93. The van der Waals surface area contributed by atoms with E-state index in [9.17, 15) is 4.79 Å². The van der Waals surface area contributed by atoms with Crippen molar-refractivity contribution in [3.8, 4) is 0 Å². The molecule has 8 heavy (non-hydrogen) atoms. The van der Waals surface area contributed by atoms with E-state index < -0.39 is 0 Å². The Bertz CT molecular complexity index is 74.8. The minimum Gasteiger partial charge on any atom is -0.310 e. The van der Waals surface area contributed by atoms with Gasteiger partial charge in [-0.3, -0.25) is 4.79 Å². The van der Waals surface area contributed by atoms with Crippen molar-refractivity contribution in [2.45, 2.75) is 6.92 Å². The Morgan fingerprint density at radius 3 is 2.75 bits per heavy atom. The van der Waals surface area contributed by atoms with E-state index in [1.165, 1.54) is 0 Å². The highest BCUT2D eigenvalue weighted by molar-refractivity contribution is 7.81. The van der Waals surface area contributed by atoms with Crippen molar-refractivity contribution in [3.05, 3.63) is 0 Å². The first-order valence-electron chi connectivity index (χ1n) is 2.64. The maximum Gasteiger partial charge on any atom is 0.156 e. The molecule has 0 atom stereocenters. The zero-order chi connectivity index (χ0) is 6.41. The van der Waals surface area contributed by atoms with E-state index in [0.717, 1.165) is 6.54 Å². The first kappa shape index (κ1) is 7.98. The Kier molecular flexibility index (Phi) is 5.11. The minimum absolute atomic E-state index is 0.148. The molecule has 0 aliphatic carbocycles. The van der Waals surface area contributed by atoms with Gasteiger partial charge in [-0.05, 0) is 6.54 Å². The van der Waals surface area contributed by atoms with Crippen LogP contribution in [-0.4, -0.2) is 24.6 Å². The van der Waals surface area contributed by atoms with E-state index in [1.807, 2.05) is 6.92 Å². The van der Waals surface area contributed by atoms with Gasteiger partial charge in [0, 0.05) is 0 Å². The summed E-state index contributed by atoms with van der Waals surface area (Å²) in [6, 6.07) is 0. The lowest BCUT2D eigenvalue weighted by atomic mass is 10.4. The van der Waals surface area contributed by atoms with E-state index in [4.69, 9.17) is 0 Å². The summed E-state index contributed by atoms with van der Waals surface area (Å²) in [5, 5.41) is 2.90. The van der Waals surface area contributed by atoms with Gasteiger partial charge in [0.1, 0.15) is 0 Å². The number of ketones is 1. The summed E-state index contributed by atoms with van der Waals surface area (Å²) in [5.74, 6) is 0.489. The molecule has 0 aromatic carbocycles. The van der Waals surface area contributed by atoms with Crippen LogP contribution in [0.5, 0.6) is 0 Å². The molecule has 0 rings (SSSR count). The fourth-order valence-corrected chi connectivity index (χ4v) is 0.432. The number of hydrogen-bond donors (Lipinski definition) is 2. The molecule has 0 radical (unpaired) electrons. The first-order chi connectivity index (χ1) is 3.81. The normalized spacial score (nSPS) is 9.25. The molecule has 0 unspecified atom stereocenters. The molecular weight excluding hydrogens is 122 g/mol. The van der Waals surface area contributed by atoms with Gasteiger partial charge in [0.2, 0.25) is 0 Å². The third-order valence-electron chi connectivity index (χ3n) is 0.749. The van der Waals surface area contributed by atoms with Crippen molar-refractivity contribution in [3.63, 3.8) is 0 Å². The first-order valence-corrected chi connectivity index (χ1v) is 3.27. The van der Waals surface area contributed by atoms with Gasteiger partial charge in [-0.2, -0.15) is 12.6 Å². The van der Waals surface area contributed by atoms with Crippen LogP contribution >= 0.6 is 12.6 Å². The number of carbonyl (C=O) groups excluding carboxylic acids is 1. The monoisotopic (exact) mass is 133 g/mol. The second kappa shape index (κ2) is 5.12. The molecule has 0 aromatic rings. The van der Waals surface area contributed by atoms with E-state index in [2.05, 4.69) is 17.9 Å². The van der Waals surface area contributed by atoms with Crippen molar-refractivity contribution in [2.75, 3.05) is 18.8 Å². The topological polar surface area (TPSA) is 29.1 Å². The van der Waals surface area contributed by atoms with Crippen LogP contribution in [0.4, 0.5) is 0 Å². The predicted molar refractivity (Wildman–Crippen MR) is 37.4 cm³/mol. The van der Waals surface area contributed by atoms with Crippen molar-refractivity contribution >= 4 is 18.4 Å². The highest BCUT2D eigenvalue weighted by atomic mass is 32.1. The summed E-state index contributed by atoms with van der Waals surface area (Å²) in [7, 11) is 0. The zero-order valence-electron chi connectivity index (χ0n) is 4.98. The SMILES string of the molecule is CCNCC(=O)CS. The molecule has 0 spiro atoms. The van der Waals surface area contributed by atoms with Crippen molar-refractivity contribution in [2.24, 2.45) is 0 Å². The van der Waals surface area contributed by atoms with Gasteiger partial charge < -0.3 is 5.32 Å². The van der Waals surface area contributed by atoms with Crippen LogP contribution in [0.2, 0.25) is 0 Å². The number of Topliss-reactive ketones (excluding diaryl/α,β-unsaturated/α-hetero) is 1. The van der Waals surface area contributed by atoms with Crippen LogP contribution < -0.4 is 5.32 Å². The average Bonchev–Trinajstić information content (AvgIpc) is 1.83. The molecule has 0 bridgehead atoms. The van der Waals surface area contributed by atoms with Crippen molar-refractivity contribution in [1.29, 1.82) is 0 Å². The predicted octanol–water partition coefficient (Wildman–Crippen LogP) is 0.0948. The average molecular weight is 133 g/mol. The molecule has 48 valence electrons. The third-order valence-corrected chi connectivity index (χ3v) is 1.10. The number of likely N-dealkylation sites (N-methyl/N-ethyl adjacent to an activating group) is 1. The molecule has 0 saturated carbocycles. The fraction of sp³-hybridized carbons (Fsp3) is 0.800. The van der Waals surface area contributed by atoms with Gasteiger partial charge in [-0.25, -0.2) is 0 Å². The molecule has 0 amide bonds. The van der Waals surface area contributed by atoms with E-state index in [1.54, 1.807) is 0 Å². The summed E-state index contributed by atoms with van der Waals surface area (Å²) in [5.41, 5.74) is 0.